The van der Waals surface area contributed by atoms with Crippen molar-refractivity contribution in [3.8, 4) is 0 Å². The Balaban J connectivity index is 2.55. The lowest BCUT2D eigenvalue weighted by Gasteiger charge is -2.15. The Morgan fingerprint density at radius 1 is 1.56 bits per heavy atom. The maximum absolute atomic E-state index is 11.8. The van der Waals surface area contributed by atoms with E-state index in [2.05, 4.69) is 4.74 Å². The summed E-state index contributed by atoms with van der Waals surface area (Å²) >= 11 is 5.66. The number of amides is 1. The van der Waals surface area contributed by atoms with Crippen LogP contribution in [0.1, 0.15) is 16.8 Å². The molecule has 0 aromatic carbocycles. The van der Waals surface area contributed by atoms with E-state index in [0.717, 1.165) is 0 Å². The first-order chi connectivity index (χ1) is 7.56. The van der Waals surface area contributed by atoms with Gasteiger partial charge in [0.05, 0.1) is 25.4 Å². The number of furan rings is 1. The van der Waals surface area contributed by atoms with Gasteiger partial charge in [0, 0.05) is 13.6 Å². The summed E-state index contributed by atoms with van der Waals surface area (Å²) in [4.78, 5) is 24.0. The van der Waals surface area contributed by atoms with E-state index >= 15 is 0 Å². The predicted molar refractivity (Wildman–Crippen MR) is 57.3 cm³/mol. The summed E-state index contributed by atoms with van der Waals surface area (Å²) in [5.41, 5.74) is 0.286. The average molecular weight is 246 g/mol. The zero-order valence-electron chi connectivity index (χ0n) is 9.03. The number of ether oxygens (including phenoxy) is 1. The standard InChI is InChI=1S/C10H12ClNO4/c1-12(5-3-8(13)15-2)10(14)7-4-6-16-9(7)11/h4,6H,3,5H2,1-2H3. The molecule has 0 bridgehead atoms. The Bertz CT molecular complexity index is 388. The average Bonchev–Trinajstić information content (AvgIpc) is 2.70. The van der Waals surface area contributed by atoms with E-state index in [4.69, 9.17) is 16.0 Å². The van der Waals surface area contributed by atoms with Crippen LogP contribution >= 0.6 is 11.6 Å². The summed E-state index contributed by atoms with van der Waals surface area (Å²) in [6.45, 7) is 0.271. The van der Waals surface area contributed by atoms with Crippen LogP contribution in [-0.2, 0) is 9.53 Å². The number of carbonyl (C=O) groups excluding carboxylic acids is 2. The van der Waals surface area contributed by atoms with Gasteiger partial charge < -0.3 is 14.1 Å². The molecule has 1 rings (SSSR count). The number of hydrogen-bond donors (Lipinski definition) is 0. The summed E-state index contributed by atoms with van der Waals surface area (Å²) in [5.74, 6) is -0.652. The fraction of sp³-hybridized carbons (Fsp3) is 0.400. The fourth-order valence-corrected chi connectivity index (χ4v) is 1.31. The topological polar surface area (TPSA) is 59.8 Å². The van der Waals surface area contributed by atoms with Gasteiger partial charge in [-0.1, -0.05) is 0 Å². The largest absolute Gasteiger partial charge is 0.469 e. The Hall–Kier alpha value is -1.49. The number of methoxy groups -OCH3 is 1. The van der Waals surface area contributed by atoms with E-state index in [1.165, 1.54) is 24.3 Å². The lowest BCUT2D eigenvalue weighted by molar-refractivity contribution is -0.140. The third-order valence-electron chi connectivity index (χ3n) is 2.07. The minimum Gasteiger partial charge on any atom is -0.469 e. The fourth-order valence-electron chi connectivity index (χ4n) is 1.11. The number of carbonyl (C=O) groups is 2. The Labute approximate surface area is 97.9 Å². The van der Waals surface area contributed by atoms with Crippen LogP contribution in [0.15, 0.2) is 16.7 Å². The Morgan fingerprint density at radius 3 is 2.75 bits per heavy atom. The van der Waals surface area contributed by atoms with E-state index in [9.17, 15) is 9.59 Å². The lowest BCUT2D eigenvalue weighted by atomic mass is 10.3. The van der Waals surface area contributed by atoms with Crippen molar-refractivity contribution in [1.29, 1.82) is 0 Å². The molecule has 0 N–H and O–H groups in total. The second kappa shape index (κ2) is 5.55. The van der Waals surface area contributed by atoms with Gasteiger partial charge in [0.1, 0.15) is 0 Å². The van der Waals surface area contributed by atoms with Gasteiger partial charge in [0.25, 0.3) is 5.91 Å². The molecule has 0 saturated carbocycles. The molecule has 88 valence electrons. The monoisotopic (exact) mass is 245 g/mol. The van der Waals surface area contributed by atoms with Crippen LogP contribution in [0.3, 0.4) is 0 Å². The van der Waals surface area contributed by atoms with Gasteiger partial charge in [-0.25, -0.2) is 0 Å². The van der Waals surface area contributed by atoms with Gasteiger partial charge >= 0.3 is 5.97 Å². The highest BCUT2D eigenvalue weighted by Crippen LogP contribution is 2.18. The normalized spacial score (nSPS) is 9.94. The first-order valence-corrected chi connectivity index (χ1v) is 4.99. The van der Waals surface area contributed by atoms with Crippen LogP contribution in [0.5, 0.6) is 0 Å². The molecule has 0 radical (unpaired) electrons. The second-order valence-corrected chi connectivity index (χ2v) is 3.50. The molecule has 16 heavy (non-hydrogen) atoms. The van der Waals surface area contributed by atoms with Gasteiger partial charge in [0.15, 0.2) is 0 Å². The molecule has 1 aromatic rings. The molecule has 0 fully saturated rings. The molecular weight excluding hydrogens is 234 g/mol. The van der Waals surface area contributed by atoms with Gasteiger partial charge in [0.2, 0.25) is 5.22 Å². The van der Waals surface area contributed by atoms with Crippen molar-refractivity contribution in [3.63, 3.8) is 0 Å². The van der Waals surface area contributed by atoms with Gasteiger partial charge in [-0.05, 0) is 17.7 Å². The lowest BCUT2D eigenvalue weighted by Crippen LogP contribution is -2.29. The summed E-state index contributed by atoms with van der Waals surface area (Å²) in [6, 6.07) is 1.49. The zero-order chi connectivity index (χ0) is 12.1. The smallest absolute Gasteiger partial charge is 0.307 e. The summed E-state index contributed by atoms with van der Waals surface area (Å²) in [5, 5.41) is 0.0509. The molecule has 0 aliphatic carbocycles. The molecule has 6 heteroatoms. The maximum atomic E-state index is 11.8. The van der Waals surface area contributed by atoms with Crippen molar-refractivity contribution < 1.29 is 18.7 Å². The molecule has 0 unspecified atom stereocenters. The van der Waals surface area contributed by atoms with Crippen molar-refractivity contribution in [2.75, 3.05) is 20.7 Å². The zero-order valence-corrected chi connectivity index (χ0v) is 9.78. The number of esters is 1. The van der Waals surface area contributed by atoms with E-state index < -0.39 is 0 Å². The minimum atomic E-state index is -0.363. The van der Waals surface area contributed by atoms with Crippen molar-refractivity contribution >= 4 is 23.5 Å². The number of nitrogens with zero attached hydrogens (tertiary/aromatic N) is 1. The molecule has 1 heterocycles. The summed E-state index contributed by atoms with van der Waals surface area (Å²) in [6.07, 6.45) is 1.48. The molecule has 0 aliphatic heterocycles. The van der Waals surface area contributed by atoms with Gasteiger partial charge in [-0.2, -0.15) is 0 Å². The minimum absolute atomic E-state index is 0.0509. The van der Waals surface area contributed by atoms with Gasteiger partial charge in [-0.15, -0.1) is 0 Å². The van der Waals surface area contributed by atoms with Crippen LogP contribution in [0.4, 0.5) is 0 Å². The van der Waals surface area contributed by atoms with Crippen LogP contribution < -0.4 is 0 Å². The molecule has 1 aromatic heterocycles. The third-order valence-corrected chi connectivity index (χ3v) is 2.37. The SMILES string of the molecule is COC(=O)CCN(C)C(=O)c1ccoc1Cl. The number of rotatable bonds is 4. The quantitative estimate of drug-likeness (QED) is 0.756. The van der Waals surface area contributed by atoms with E-state index in [1.807, 2.05) is 0 Å². The van der Waals surface area contributed by atoms with Crippen LogP contribution in [-0.4, -0.2) is 37.5 Å². The van der Waals surface area contributed by atoms with E-state index in [-0.39, 0.29) is 35.6 Å². The highest BCUT2D eigenvalue weighted by atomic mass is 35.5. The first-order valence-electron chi connectivity index (χ1n) is 4.61. The van der Waals surface area contributed by atoms with Crippen LogP contribution in [0.2, 0.25) is 5.22 Å². The third kappa shape index (κ3) is 3.00. The molecule has 0 spiro atoms. The second-order valence-electron chi connectivity index (χ2n) is 3.16. The molecule has 0 saturated heterocycles. The van der Waals surface area contributed by atoms with Crippen molar-refractivity contribution in [3.05, 3.63) is 23.1 Å². The molecule has 0 atom stereocenters. The molecule has 5 nitrogen and oxygen atoms in total. The maximum Gasteiger partial charge on any atom is 0.307 e. The molecule has 1 amide bonds. The summed E-state index contributed by atoms with van der Waals surface area (Å²) in [7, 11) is 2.88. The Kier molecular flexibility index (Phi) is 4.37. The van der Waals surface area contributed by atoms with Gasteiger partial charge in [-0.3, -0.25) is 9.59 Å². The van der Waals surface area contributed by atoms with Crippen molar-refractivity contribution in [2.24, 2.45) is 0 Å². The van der Waals surface area contributed by atoms with E-state index in [0.29, 0.717) is 0 Å². The number of halogens is 1. The predicted octanol–water partition coefficient (Wildman–Crippen LogP) is 1.57. The van der Waals surface area contributed by atoms with Crippen LogP contribution in [0, 0.1) is 0 Å². The van der Waals surface area contributed by atoms with Crippen molar-refractivity contribution in [2.45, 2.75) is 6.42 Å². The number of hydrogen-bond acceptors (Lipinski definition) is 4. The Morgan fingerprint density at radius 2 is 2.25 bits per heavy atom. The molecular formula is C10H12ClNO4. The highest BCUT2D eigenvalue weighted by molar-refractivity contribution is 6.32. The molecule has 0 aliphatic rings. The first kappa shape index (κ1) is 12.6. The van der Waals surface area contributed by atoms with Crippen molar-refractivity contribution in [1.82, 2.24) is 4.90 Å². The van der Waals surface area contributed by atoms with Crippen LogP contribution in [0.25, 0.3) is 0 Å². The highest BCUT2D eigenvalue weighted by Gasteiger charge is 2.17. The summed E-state index contributed by atoms with van der Waals surface area (Å²) < 4.78 is 9.28. The van der Waals surface area contributed by atoms with E-state index in [1.54, 1.807) is 7.05 Å².